The highest BCUT2D eigenvalue weighted by Crippen LogP contribution is 2.33. The molecule has 248 valence electrons. The lowest BCUT2D eigenvalue weighted by Gasteiger charge is -2.27. The van der Waals surface area contributed by atoms with Gasteiger partial charge < -0.3 is 10.6 Å². The number of fused-ring (bicyclic) bond motifs is 2. The van der Waals surface area contributed by atoms with E-state index in [4.69, 9.17) is 0 Å². The first-order chi connectivity index (χ1) is 23.0. The van der Waals surface area contributed by atoms with E-state index in [-0.39, 0.29) is 0 Å². The number of benzene rings is 1. The maximum Gasteiger partial charge on any atom is 0.0374 e. The van der Waals surface area contributed by atoms with E-state index in [9.17, 15) is 0 Å². The van der Waals surface area contributed by atoms with E-state index in [2.05, 4.69) is 136 Å². The second-order valence-electron chi connectivity index (χ2n) is 13.8. The number of nitrogens with one attached hydrogen (secondary N) is 2. The van der Waals surface area contributed by atoms with Crippen LogP contribution < -0.4 is 21.1 Å². The average Bonchev–Trinajstić information content (AvgIpc) is 3.12. The van der Waals surface area contributed by atoms with Gasteiger partial charge in [0.2, 0.25) is 0 Å². The normalized spacial score (nSPS) is 21.4. The molecule has 1 heterocycles. The summed E-state index contributed by atoms with van der Waals surface area (Å²) in [6.07, 6.45) is 38.6. The third-order valence-electron chi connectivity index (χ3n) is 10.5. The summed E-state index contributed by atoms with van der Waals surface area (Å²) in [4.78, 5) is 0. The zero-order valence-corrected chi connectivity index (χ0v) is 29.7. The third kappa shape index (κ3) is 8.98. The van der Waals surface area contributed by atoms with Crippen molar-refractivity contribution in [1.29, 1.82) is 0 Å². The van der Waals surface area contributed by atoms with Crippen LogP contribution in [0.5, 0.6) is 0 Å². The molecule has 2 N–H and O–H groups in total. The van der Waals surface area contributed by atoms with E-state index >= 15 is 0 Å². The molecule has 47 heavy (non-hydrogen) atoms. The van der Waals surface area contributed by atoms with Crippen LogP contribution in [-0.4, -0.2) is 13.1 Å². The number of hydrogen-bond acceptors (Lipinski definition) is 2. The number of unbranched alkanes of at least 4 members (excludes halogenated alkanes) is 2. The van der Waals surface area contributed by atoms with E-state index in [1.807, 2.05) is 6.20 Å². The van der Waals surface area contributed by atoms with Gasteiger partial charge >= 0.3 is 0 Å². The topological polar surface area (TPSA) is 24.1 Å². The SMILES string of the molecule is CCCC/C=C(\CC)C1=c2ccccc2=C(/C(C)=C/C=C(\CNC2=C3C=CCCC3CC=C2)C(C)/C=C\C(C)C2=CC=CNC2)CC1. The lowest BCUT2D eigenvalue weighted by Crippen LogP contribution is -2.32. The van der Waals surface area contributed by atoms with Crippen LogP contribution in [0.3, 0.4) is 0 Å². The molecular formula is C45H58N2. The smallest absolute Gasteiger partial charge is 0.0374 e. The average molecular weight is 627 g/mol. The number of rotatable bonds is 14. The van der Waals surface area contributed by atoms with Crippen molar-refractivity contribution >= 4 is 11.1 Å². The molecular weight excluding hydrogens is 569 g/mol. The van der Waals surface area contributed by atoms with Crippen LogP contribution in [0.4, 0.5) is 0 Å². The fourth-order valence-electron chi connectivity index (χ4n) is 7.46. The van der Waals surface area contributed by atoms with Gasteiger partial charge in [-0.1, -0.05) is 119 Å². The number of allylic oxidation sites excluding steroid dienone is 14. The first kappa shape index (κ1) is 34.6. The second kappa shape index (κ2) is 17.4. The Morgan fingerprint density at radius 2 is 1.81 bits per heavy atom. The molecule has 3 aliphatic carbocycles. The zero-order chi connectivity index (χ0) is 33.0. The minimum Gasteiger partial charge on any atom is -0.387 e. The molecule has 0 saturated heterocycles. The van der Waals surface area contributed by atoms with Gasteiger partial charge in [-0.3, -0.25) is 0 Å². The molecule has 1 aliphatic heterocycles. The van der Waals surface area contributed by atoms with Gasteiger partial charge in [-0.15, -0.1) is 0 Å². The summed E-state index contributed by atoms with van der Waals surface area (Å²) >= 11 is 0. The number of dihydropyridines is 1. The van der Waals surface area contributed by atoms with Crippen LogP contribution in [0.2, 0.25) is 0 Å². The lowest BCUT2D eigenvalue weighted by atomic mass is 9.82. The largest absolute Gasteiger partial charge is 0.387 e. The van der Waals surface area contributed by atoms with Gasteiger partial charge in [0.25, 0.3) is 0 Å². The Morgan fingerprint density at radius 1 is 1.00 bits per heavy atom. The van der Waals surface area contributed by atoms with Crippen LogP contribution >= 0.6 is 0 Å². The molecule has 2 heteroatoms. The predicted molar refractivity (Wildman–Crippen MR) is 205 cm³/mol. The second-order valence-corrected chi connectivity index (χ2v) is 13.8. The molecule has 0 amide bonds. The molecule has 2 nitrogen and oxygen atoms in total. The van der Waals surface area contributed by atoms with E-state index in [0.717, 1.165) is 32.4 Å². The van der Waals surface area contributed by atoms with Crippen molar-refractivity contribution in [2.75, 3.05) is 13.1 Å². The van der Waals surface area contributed by atoms with Crippen LogP contribution in [0, 0.1) is 17.8 Å². The van der Waals surface area contributed by atoms with Gasteiger partial charge in [-0.05, 0) is 137 Å². The monoisotopic (exact) mass is 626 g/mol. The minimum atomic E-state index is 0.321. The van der Waals surface area contributed by atoms with Gasteiger partial charge in [0.15, 0.2) is 0 Å². The van der Waals surface area contributed by atoms with Crippen molar-refractivity contribution in [1.82, 2.24) is 10.6 Å². The Morgan fingerprint density at radius 3 is 2.57 bits per heavy atom. The highest BCUT2D eigenvalue weighted by atomic mass is 14.9. The van der Waals surface area contributed by atoms with Gasteiger partial charge in [-0.2, -0.15) is 0 Å². The predicted octanol–water partition coefficient (Wildman–Crippen LogP) is 9.82. The van der Waals surface area contributed by atoms with Crippen molar-refractivity contribution in [2.24, 2.45) is 17.8 Å². The quantitative estimate of drug-likeness (QED) is 0.122. The van der Waals surface area contributed by atoms with Gasteiger partial charge in [0.1, 0.15) is 0 Å². The maximum atomic E-state index is 3.88. The molecule has 5 rings (SSSR count). The van der Waals surface area contributed by atoms with E-state index in [1.54, 1.807) is 11.1 Å². The van der Waals surface area contributed by atoms with Crippen molar-refractivity contribution in [3.8, 4) is 0 Å². The van der Waals surface area contributed by atoms with E-state index < -0.39 is 0 Å². The Hall–Kier alpha value is -3.78. The Kier molecular flexibility index (Phi) is 12.8. The Labute approximate surface area is 285 Å². The highest BCUT2D eigenvalue weighted by Gasteiger charge is 2.21. The molecule has 0 saturated carbocycles. The standard InChI is InChI=1S/C45H58N2/c1-6-8-9-16-36(7-2)41-29-28-40(43-21-12-13-22-44(41)43)35(5)26-27-39(34(4)25-24-33(3)38-19-15-30-46-31-38)32-47-45-23-14-18-37-17-10-11-20-42(37)45/h11-16,19-27,30,33-34,37,46-47H,6-10,17-18,28-29,31-32H2,1-5H3/b25-24-,35-26+,36-16+,39-27+. The molecule has 1 aromatic carbocycles. The van der Waals surface area contributed by atoms with Gasteiger partial charge in [-0.25, -0.2) is 0 Å². The fraction of sp³-hybridized carbons (Fsp3) is 0.422. The molecule has 0 spiro atoms. The molecule has 3 atom stereocenters. The minimum absolute atomic E-state index is 0.321. The first-order valence-electron chi connectivity index (χ1n) is 18.5. The van der Waals surface area contributed by atoms with Gasteiger partial charge in [0, 0.05) is 18.8 Å². The van der Waals surface area contributed by atoms with Crippen molar-refractivity contribution in [3.63, 3.8) is 0 Å². The van der Waals surface area contributed by atoms with Crippen molar-refractivity contribution < 1.29 is 0 Å². The molecule has 0 bridgehead atoms. The summed E-state index contributed by atoms with van der Waals surface area (Å²) in [5, 5.41) is 10.1. The summed E-state index contributed by atoms with van der Waals surface area (Å²) in [5.74, 6) is 1.39. The molecule has 3 unspecified atom stereocenters. The van der Waals surface area contributed by atoms with Crippen molar-refractivity contribution in [2.45, 2.75) is 92.4 Å². The fourth-order valence-corrected chi connectivity index (χ4v) is 7.46. The summed E-state index contributed by atoms with van der Waals surface area (Å²) in [6, 6.07) is 9.14. The van der Waals surface area contributed by atoms with Crippen LogP contribution in [0.1, 0.15) is 92.4 Å². The van der Waals surface area contributed by atoms with E-state index in [0.29, 0.717) is 17.8 Å². The summed E-state index contributed by atoms with van der Waals surface area (Å²) in [5.41, 5.74) is 11.6. The van der Waals surface area contributed by atoms with Gasteiger partial charge in [0.05, 0.1) is 0 Å². The molecule has 0 fully saturated rings. The van der Waals surface area contributed by atoms with Crippen molar-refractivity contribution in [3.05, 3.63) is 141 Å². The Balaban J connectivity index is 1.47. The Bertz CT molecular complexity index is 1660. The van der Waals surface area contributed by atoms with E-state index in [1.165, 1.54) is 82.5 Å². The summed E-state index contributed by atoms with van der Waals surface area (Å²) < 4.78 is 0. The molecule has 1 aromatic rings. The summed E-state index contributed by atoms with van der Waals surface area (Å²) in [7, 11) is 0. The van der Waals surface area contributed by atoms with Crippen LogP contribution in [0.15, 0.2) is 131 Å². The van der Waals surface area contributed by atoms with Crippen LogP contribution in [-0.2, 0) is 0 Å². The van der Waals surface area contributed by atoms with Crippen LogP contribution in [0.25, 0.3) is 11.1 Å². The third-order valence-corrected chi connectivity index (χ3v) is 10.5. The number of hydrogen-bond donors (Lipinski definition) is 2. The summed E-state index contributed by atoms with van der Waals surface area (Å²) in [6.45, 7) is 13.3. The zero-order valence-electron chi connectivity index (χ0n) is 29.7. The maximum absolute atomic E-state index is 3.88. The highest BCUT2D eigenvalue weighted by molar-refractivity contribution is 5.74. The molecule has 0 radical (unpaired) electrons. The first-order valence-corrected chi connectivity index (χ1v) is 18.5. The lowest BCUT2D eigenvalue weighted by molar-refractivity contribution is 0.553. The molecule has 4 aliphatic rings. The molecule has 0 aromatic heterocycles.